The lowest BCUT2D eigenvalue weighted by molar-refractivity contribution is -0.121. The number of ether oxygens (including phenoxy) is 2. The molecule has 0 heterocycles. The van der Waals surface area contributed by atoms with Crippen molar-refractivity contribution in [3.63, 3.8) is 0 Å². The first-order chi connectivity index (χ1) is 8.12. The largest absolute Gasteiger partial charge is 0.497 e. The Morgan fingerprint density at radius 3 is 2.59 bits per heavy atom. The zero-order valence-corrected chi connectivity index (χ0v) is 10.7. The monoisotopic (exact) mass is 237 g/mol. The fourth-order valence-electron chi connectivity index (χ4n) is 1.60. The second-order valence-electron chi connectivity index (χ2n) is 3.75. The van der Waals surface area contributed by atoms with Gasteiger partial charge in [-0.2, -0.15) is 0 Å². The summed E-state index contributed by atoms with van der Waals surface area (Å²) in [6.45, 7) is 3.75. The van der Waals surface area contributed by atoms with E-state index in [-0.39, 0.29) is 11.9 Å². The summed E-state index contributed by atoms with van der Waals surface area (Å²) in [5, 5.41) is 2.90. The molecule has 0 aromatic heterocycles. The Balaban J connectivity index is 2.96. The van der Waals surface area contributed by atoms with Crippen LogP contribution in [0.25, 0.3) is 0 Å². The molecule has 17 heavy (non-hydrogen) atoms. The Kier molecular flexibility index (Phi) is 4.82. The van der Waals surface area contributed by atoms with Gasteiger partial charge in [0.05, 0.1) is 20.3 Å². The highest BCUT2D eigenvalue weighted by molar-refractivity contribution is 5.76. The number of methoxy groups -OCH3 is 2. The van der Waals surface area contributed by atoms with Gasteiger partial charge in [-0.3, -0.25) is 4.79 Å². The van der Waals surface area contributed by atoms with Gasteiger partial charge in [0.2, 0.25) is 5.91 Å². The predicted octanol–water partition coefficient (Wildman–Crippen LogP) is 2.29. The Bertz CT molecular complexity index is 390. The standard InChI is InChI=1S/C13H19NO3/c1-5-13(15)14-9(2)11-8-10(16-3)6-7-12(11)17-4/h6-9H,5H2,1-4H3,(H,14,15)/t9-/m0/s1. The second-order valence-corrected chi connectivity index (χ2v) is 3.75. The van der Waals surface area contributed by atoms with Gasteiger partial charge in [-0.1, -0.05) is 6.92 Å². The fourth-order valence-corrected chi connectivity index (χ4v) is 1.60. The van der Waals surface area contributed by atoms with E-state index in [0.29, 0.717) is 6.42 Å². The molecule has 0 aliphatic heterocycles. The Hall–Kier alpha value is -1.71. The summed E-state index contributed by atoms with van der Waals surface area (Å²) in [5.41, 5.74) is 0.911. The number of nitrogens with one attached hydrogen (secondary N) is 1. The number of rotatable bonds is 5. The molecule has 0 fully saturated rings. The van der Waals surface area contributed by atoms with Crippen LogP contribution in [0.4, 0.5) is 0 Å². The minimum absolute atomic E-state index is 0.0161. The minimum Gasteiger partial charge on any atom is -0.497 e. The minimum atomic E-state index is -0.104. The molecule has 0 spiro atoms. The molecule has 0 aliphatic rings. The van der Waals surface area contributed by atoms with Crippen molar-refractivity contribution in [2.75, 3.05) is 14.2 Å². The molecule has 4 nitrogen and oxygen atoms in total. The zero-order chi connectivity index (χ0) is 12.8. The molecule has 0 bridgehead atoms. The fraction of sp³-hybridized carbons (Fsp3) is 0.462. The van der Waals surface area contributed by atoms with Gasteiger partial charge >= 0.3 is 0 Å². The summed E-state index contributed by atoms with van der Waals surface area (Å²) in [6.07, 6.45) is 0.469. The number of benzene rings is 1. The van der Waals surface area contributed by atoms with Crippen LogP contribution < -0.4 is 14.8 Å². The third kappa shape index (κ3) is 3.37. The van der Waals surface area contributed by atoms with Gasteiger partial charge in [-0.25, -0.2) is 0 Å². The van der Waals surface area contributed by atoms with E-state index in [1.807, 2.05) is 32.0 Å². The lowest BCUT2D eigenvalue weighted by Gasteiger charge is -2.17. The van der Waals surface area contributed by atoms with Crippen LogP contribution in [0, 0.1) is 0 Å². The maximum atomic E-state index is 11.4. The molecule has 0 unspecified atom stereocenters. The van der Waals surface area contributed by atoms with E-state index >= 15 is 0 Å². The molecule has 1 aromatic carbocycles. The number of carbonyl (C=O) groups excluding carboxylic acids is 1. The number of hydrogen-bond donors (Lipinski definition) is 1. The summed E-state index contributed by atoms with van der Waals surface area (Å²) in [4.78, 5) is 11.4. The van der Waals surface area contributed by atoms with Crippen molar-refractivity contribution in [3.8, 4) is 11.5 Å². The molecule has 1 rings (SSSR count). The van der Waals surface area contributed by atoms with Crippen molar-refractivity contribution in [2.45, 2.75) is 26.3 Å². The van der Waals surface area contributed by atoms with Crippen LogP contribution in [-0.2, 0) is 4.79 Å². The average Bonchev–Trinajstić information content (AvgIpc) is 2.37. The number of carbonyl (C=O) groups is 1. The van der Waals surface area contributed by atoms with Crippen molar-refractivity contribution in [3.05, 3.63) is 23.8 Å². The number of amides is 1. The van der Waals surface area contributed by atoms with E-state index in [0.717, 1.165) is 17.1 Å². The molecule has 1 amide bonds. The van der Waals surface area contributed by atoms with Gasteiger partial charge in [0.25, 0.3) is 0 Å². The van der Waals surface area contributed by atoms with Crippen LogP contribution in [-0.4, -0.2) is 20.1 Å². The highest BCUT2D eigenvalue weighted by Gasteiger charge is 2.14. The summed E-state index contributed by atoms with van der Waals surface area (Å²) in [5.74, 6) is 1.51. The molecule has 0 radical (unpaired) electrons. The van der Waals surface area contributed by atoms with E-state index in [4.69, 9.17) is 9.47 Å². The van der Waals surface area contributed by atoms with Crippen LogP contribution >= 0.6 is 0 Å². The smallest absolute Gasteiger partial charge is 0.220 e. The van der Waals surface area contributed by atoms with E-state index in [1.54, 1.807) is 14.2 Å². The highest BCUT2D eigenvalue weighted by Crippen LogP contribution is 2.29. The van der Waals surface area contributed by atoms with E-state index < -0.39 is 0 Å². The first-order valence-corrected chi connectivity index (χ1v) is 5.63. The van der Waals surface area contributed by atoms with E-state index in [1.165, 1.54) is 0 Å². The van der Waals surface area contributed by atoms with E-state index in [2.05, 4.69) is 5.32 Å². The highest BCUT2D eigenvalue weighted by atomic mass is 16.5. The second kappa shape index (κ2) is 6.13. The van der Waals surface area contributed by atoms with Gasteiger partial charge in [0.1, 0.15) is 11.5 Å². The van der Waals surface area contributed by atoms with Gasteiger partial charge in [0, 0.05) is 12.0 Å². The van der Waals surface area contributed by atoms with Gasteiger partial charge < -0.3 is 14.8 Å². The normalized spacial score (nSPS) is 11.8. The van der Waals surface area contributed by atoms with Crippen molar-refractivity contribution < 1.29 is 14.3 Å². The summed E-state index contributed by atoms with van der Waals surface area (Å²) in [7, 11) is 3.22. The molecule has 1 N–H and O–H groups in total. The molecule has 0 saturated carbocycles. The Morgan fingerprint density at radius 2 is 2.06 bits per heavy atom. The SMILES string of the molecule is CCC(=O)N[C@@H](C)c1cc(OC)ccc1OC. The van der Waals surface area contributed by atoms with Crippen LogP contribution in [0.5, 0.6) is 11.5 Å². The molecule has 1 aromatic rings. The molecular formula is C13H19NO3. The third-order valence-corrected chi connectivity index (χ3v) is 2.60. The van der Waals surface area contributed by atoms with Crippen LogP contribution in [0.2, 0.25) is 0 Å². The molecule has 0 saturated heterocycles. The summed E-state index contributed by atoms with van der Waals surface area (Å²) >= 11 is 0. The maximum absolute atomic E-state index is 11.4. The summed E-state index contributed by atoms with van der Waals surface area (Å²) in [6, 6.07) is 5.44. The molecular weight excluding hydrogens is 218 g/mol. The van der Waals surface area contributed by atoms with Crippen molar-refractivity contribution in [1.82, 2.24) is 5.32 Å². The predicted molar refractivity (Wildman–Crippen MR) is 66.4 cm³/mol. The zero-order valence-electron chi connectivity index (χ0n) is 10.7. The van der Waals surface area contributed by atoms with Crippen molar-refractivity contribution in [2.24, 2.45) is 0 Å². The lowest BCUT2D eigenvalue weighted by atomic mass is 10.1. The van der Waals surface area contributed by atoms with Gasteiger partial charge in [-0.15, -0.1) is 0 Å². The first kappa shape index (κ1) is 13.4. The lowest BCUT2D eigenvalue weighted by Crippen LogP contribution is -2.25. The Labute approximate surface area is 102 Å². The maximum Gasteiger partial charge on any atom is 0.220 e. The van der Waals surface area contributed by atoms with Crippen molar-refractivity contribution >= 4 is 5.91 Å². The summed E-state index contributed by atoms with van der Waals surface area (Å²) < 4.78 is 10.4. The van der Waals surface area contributed by atoms with Crippen LogP contribution in [0.15, 0.2) is 18.2 Å². The molecule has 0 aliphatic carbocycles. The molecule has 94 valence electrons. The third-order valence-electron chi connectivity index (χ3n) is 2.60. The van der Waals surface area contributed by atoms with Gasteiger partial charge in [0.15, 0.2) is 0 Å². The quantitative estimate of drug-likeness (QED) is 0.854. The Morgan fingerprint density at radius 1 is 1.35 bits per heavy atom. The van der Waals surface area contributed by atoms with Crippen LogP contribution in [0.3, 0.4) is 0 Å². The van der Waals surface area contributed by atoms with E-state index in [9.17, 15) is 4.79 Å². The molecule has 1 atom stereocenters. The van der Waals surface area contributed by atoms with Crippen LogP contribution in [0.1, 0.15) is 31.9 Å². The van der Waals surface area contributed by atoms with Gasteiger partial charge in [-0.05, 0) is 25.1 Å². The first-order valence-electron chi connectivity index (χ1n) is 5.63. The number of hydrogen-bond acceptors (Lipinski definition) is 3. The van der Waals surface area contributed by atoms with Crippen molar-refractivity contribution in [1.29, 1.82) is 0 Å². The molecule has 4 heteroatoms. The average molecular weight is 237 g/mol. The topological polar surface area (TPSA) is 47.6 Å².